The first kappa shape index (κ1) is 7.98. The Bertz CT molecular complexity index is 271. The molecule has 1 rings (SSSR count). The Morgan fingerprint density at radius 2 is 2.09 bits per heavy atom. The third kappa shape index (κ3) is 1.48. The lowest BCUT2D eigenvalue weighted by atomic mass is 10.2. The molecule has 1 N–H and O–H groups in total. The molecule has 0 aliphatic rings. The fraction of sp³-hybridized carbons (Fsp3) is 0.375. The highest BCUT2D eigenvalue weighted by molar-refractivity contribution is 5.39. The number of pyridine rings is 1. The normalized spacial score (nSPS) is 9.82. The molecule has 1 heterocycles. The number of nitrogens with one attached hydrogen (secondary N) is 1. The van der Waals surface area contributed by atoms with Crippen LogP contribution in [0.5, 0.6) is 0 Å². The summed E-state index contributed by atoms with van der Waals surface area (Å²) in [6.07, 6.45) is 0. The number of anilines is 1. The quantitative estimate of drug-likeness (QED) is 0.668. The summed E-state index contributed by atoms with van der Waals surface area (Å²) in [5, 5.41) is 2.68. The molecule has 0 atom stereocenters. The van der Waals surface area contributed by atoms with Crippen LogP contribution in [0.1, 0.15) is 11.3 Å². The Kier molecular flexibility index (Phi) is 2.08. The smallest absolute Gasteiger partial charge is 0.165 e. The van der Waals surface area contributed by atoms with Gasteiger partial charge in [-0.15, -0.1) is 0 Å². The number of hydrogen-bond donors (Lipinski definition) is 1. The van der Waals surface area contributed by atoms with E-state index in [2.05, 4.69) is 10.3 Å². The van der Waals surface area contributed by atoms with Crippen LogP contribution in [0, 0.1) is 19.7 Å². The van der Waals surface area contributed by atoms with Crippen molar-refractivity contribution in [3.05, 3.63) is 23.1 Å². The largest absolute Gasteiger partial charge is 0.371 e. The number of rotatable bonds is 1. The van der Waals surface area contributed by atoms with E-state index in [-0.39, 0.29) is 5.82 Å². The molecule has 0 amide bonds. The minimum absolute atomic E-state index is 0.296. The van der Waals surface area contributed by atoms with Crippen LogP contribution in [0.25, 0.3) is 0 Å². The Morgan fingerprint density at radius 3 is 2.64 bits per heavy atom. The van der Waals surface area contributed by atoms with Gasteiger partial charge in [0.2, 0.25) is 0 Å². The van der Waals surface area contributed by atoms with E-state index in [1.807, 2.05) is 13.8 Å². The Morgan fingerprint density at radius 1 is 1.45 bits per heavy atom. The summed E-state index contributed by atoms with van der Waals surface area (Å²) in [4.78, 5) is 4.00. The van der Waals surface area contributed by atoms with Gasteiger partial charge in [-0.05, 0) is 25.5 Å². The van der Waals surface area contributed by atoms with Crippen molar-refractivity contribution in [2.24, 2.45) is 0 Å². The minimum atomic E-state index is -0.296. The molecule has 0 aliphatic carbocycles. The van der Waals surface area contributed by atoms with Crippen LogP contribution in [-0.2, 0) is 0 Å². The Labute approximate surface area is 65.5 Å². The first-order valence-electron chi connectivity index (χ1n) is 3.46. The Hall–Kier alpha value is -1.12. The van der Waals surface area contributed by atoms with Crippen molar-refractivity contribution < 1.29 is 4.39 Å². The van der Waals surface area contributed by atoms with Crippen molar-refractivity contribution in [1.82, 2.24) is 4.98 Å². The van der Waals surface area contributed by atoms with Crippen molar-refractivity contribution in [3.8, 4) is 0 Å². The molecule has 0 fully saturated rings. The van der Waals surface area contributed by atoms with E-state index in [4.69, 9.17) is 0 Å². The second-order valence-electron chi connectivity index (χ2n) is 2.47. The monoisotopic (exact) mass is 154 g/mol. The van der Waals surface area contributed by atoms with Crippen molar-refractivity contribution in [1.29, 1.82) is 0 Å². The lowest BCUT2D eigenvalue weighted by molar-refractivity contribution is 0.623. The number of aromatic nitrogens is 1. The van der Waals surface area contributed by atoms with Crippen LogP contribution in [-0.4, -0.2) is 12.0 Å². The van der Waals surface area contributed by atoms with Gasteiger partial charge in [0.25, 0.3) is 0 Å². The van der Waals surface area contributed by atoms with Crippen LogP contribution >= 0.6 is 0 Å². The number of nitrogens with zero attached hydrogens (tertiary/aromatic N) is 1. The second kappa shape index (κ2) is 2.86. The molecule has 0 saturated heterocycles. The molecule has 2 nitrogen and oxygen atoms in total. The molecule has 0 saturated carbocycles. The van der Waals surface area contributed by atoms with Gasteiger partial charge >= 0.3 is 0 Å². The highest BCUT2D eigenvalue weighted by Crippen LogP contribution is 2.13. The summed E-state index contributed by atoms with van der Waals surface area (Å²) in [5.41, 5.74) is 1.73. The molecule has 11 heavy (non-hydrogen) atoms. The minimum Gasteiger partial charge on any atom is -0.371 e. The molecule has 0 aromatic carbocycles. The van der Waals surface area contributed by atoms with E-state index in [0.29, 0.717) is 5.82 Å². The molecular formula is C8H11FN2. The molecule has 1 aromatic heterocycles. The molecule has 0 unspecified atom stereocenters. The van der Waals surface area contributed by atoms with Gasteiger partial charge in [-0.25, -0.2) is 9.37 Å². The lowest BCUT2D eigenvalue weighted by Gasteiger charge is -2.04. The molecule has 60 valence electrons. The van der Waals surface area contributed by atoms with Gasteiger partial charge in [0.15, 0.2) is 11.6 Å². The second-order valence-corrected chi connectivity index (χ2v) is 2.47. The summed E-state index contributed by atoms with van der Waals surface area (Å²) in [7, 11) is 1.65. The summed E-state index contributed by atoms with van der Waals surface area (Å²) < 4.78 is 12.9. The van der Waals surface area contributed by atoms with Gasteiger partial charge in [-0.3, -0.25) is 0 Å². The predicted molar refractivity (Wildman–Crippen MR) is 43.2 cm³/mol. The fourth-order valence-corrected chi connectivity index (χ4v) is 0.847. The number of hydrogen-bond acceptors (Lipinski definition) is 2. The summed E-state index contributed by atoms with van der Waals surface area (Å²) in [6, 6.07) is 1.48. The molecule has 0 aliphatic heterocycles. The van der Waals surface area contributed by atoms with E-state index in [1.54, 1.807) is 7.05 Å². The van der Waals surface area contributed by atoms with Crippen LogP contribution < -0.4 is 5.32 Å². The van der Waals surface area contributed by atoms with Gasteiger partial charge in [-0.2, -0.15) is 0 Å². The third-order valence-corrected chi connectivity index (χ3v) is 1.66. The molecule has 3 heteroatoms. The molecule has 1 aromatic rings. The summed E-state index contributed by atoms with van der Waals surface area (Å²) in [5.74, 6) is 0.0173. The van der Waals surface area contributed by atoms with Gasteiger partial charge in [0, 0.05) is 12.7 Å². The predicted octanol–water partition coefficient (Wildman–Crippen LogP) is 1.88. The first-order chi connectivity index (χ1) is 5.15. The van der Waals surface area contributed by atoms with Crippen molar-refractivity contribution in [2.45, 2.75) is 13.8 Å². The van der Waals surface area contributed by atoms with E-state index in [1.165, 1.54) is 6.07 Å². The first-order valence-corrected chi connectivity index (χ1v) is 3.46. The topological polar surface area (TPSA) is 24.9 Å². The van der Waals surface area contributed by atoms with Crippen LogP contribution in [0.2, 0.25) is 0 Å². The van der Waals surface area contributed by atoms with Gasteiger partial charge in [0.05, 0.1) is 0 Å². The fourth-order valence-electron chi connectivity index (χ4n) is 0.847. The number of aryl methyl sites for hydroxylation is 2. The maximum atomic E-state index is 12.9. The van der Waals surface area contributed by atoms with Gasteiger partial charge in [0.1, 0.15) is 0 Å². The van der Waals surface area contributed by atoms with E-state index < -0.39 is 0 Å². The maximum absolute atomic E-state index is 12.9. The van der Waals surface area contributed by atoms with Gasteiger partial charge in [-0.1, -0.05) is 0 Å². The van der Waals surface area contributed by atoms with Gasteiger partial charge < -0.3 is 5.32 Å². The van der Waals surface area contributed by atoms with Crippen LogP contribution in [0.3, 0.4) is 0 Å². The highest BCUT2D eigenvalue weighted by Gasteiger charge is 2.03. The molecular weight excluding hydrogens is 143 g/mol. The Balaban J connectivity index is 3.21. The van der Waals surface area contributed by atoms with Crippen molar-refractivity contribution in [2.75, 3.05) is 12.4 Å². The van der Waals surface area contributed by atoms with Crippen LogP contribution in [0.4, 0.5) is 10.2 Å². The zero-order valence-corrected chi connectivity index (χ0v) is 6.90. The number of halogens is 1. The average molecular weight is 154 g/mol. The third-order valence-electron chi connectivity index (χ3n) is 1.66. The summed E-state index contributed by atoms with van der Waals surface area (Å²) >= 11 is 0. The standard InChI is InChI=1S/C8H11FN2/c1-5-4-7(9)8(10-3)11-6(5)2/h4H,1-3H3,(H,10,11). The van der Waals surface area contributed by atoms with Crippen molar-refractivity contribution >= 4 is 5.82 Å². The van der Waals surface area contributed by atoms with E-state index >= 15 is 0 Å². The lowest BCUT2D eigenvalue weighted by Crippen LogP contribution is -1.99. The van der Waals surface area contributed by atoms with E-state index in [9.17, 15) is 4.39 Å². The molecule has 0 bridgehead atoms. The summed E-state index contributed by atoms with van der Waals surface area (Å²) in [6.45, 7) is 3.69. The molecule has 0 spiro atoms. The average Bonchev–Trinajstić information content (AvgIpc) is 1.97. The van der Waals surface area contributed by atoms with E-state index in [0.717, 1.165) is 11.3 Å². The zero-order valence-electron chi connectivity index (χ0n) is 6.90. The molecule has 0 radical (unpaired) electrons. The zero-order chi connectivity index (χ0) is 8.43. The van der Waals surface area contributed by atoms with Crippen LogP contribution in [0.15, 0.2) is 6.07 Å². The highest BCUT2D eigenvalue weighted by atomic mass is 19.1. The SMILES string of the molecule is CNc1nc(C)c(C)cc1F. The van der Waals surface area contributed by atoms with Crippen molar-refractivity contribution in [3.63, 3.8) is 0 Å². The maximum Gasteiger partial charge on any atom is 0.165 e.